The van der Waals surface area contributed by atoms with Crippen molar-refractivity contribution in [2.24, 2.45) is 7.05 Å². The summed E-state index contributed by atoms with van der Waals surface area (Å²) in [5.41, 5.74) is 3.27. The van der Waals surface area contributed by atoms with Gasteiger partial charge in [-0.3, -0.25) is 9.36 Å². The zero-order chi connectivity index (χ0) is 19.7. The van der Waals surface area contributed by atoms with Crippen LogP contribution in [0.3, 0.4) is 0 Å². The highest BCUT2D eigenvalue weighted by Gasteiger charge is 2.10. The summed E-state index contributed by atoms with van der Waals surface area (Å²) in [5, 5.41) is 5.53. The molecule has 0 aliphatic carbocycles. The molecule has 1 amide bonds. The highest BCUT2D eigenvalue weighted by atomic mass is 32.1. The number of nitrogens with zero attached hydrogens (tertiary/aromatic N) is 2. The van der Waals surface area contributed by atoms with E-state index in [0.29, 0.717) is 23.2 Å². The van der Waals surface area contributed by atoms with Crippen LogP contribution in [0.4, 0.5) is 10.1 Å². The fraction of sp³-hybridized carbons (Fsp3) is 0.150. The first-order valence-electron chi connectivity index (χ1n) is 8.59. The zero-order valence-electron chi connectivity index (χ0n) is 14.9. The molecular formula is C20H16FN3O3S. The van der Waals surface area contributed by atoms with E-state index in [0.717, 1.165) is 16.3 Å². The Labute approximate surface area is 163 Å². The number of halogens is 1. The first kappa shape index (κ1) is 18.1. The predicted octanol–water partition coefficient (Wildman–Crippen LogP) is 3.97. The molecule has 0 radical (unpaired) electrons. The third kappa shape index (κ3) is 3.72. The third-order valence-corrected chi connectivity index (χ3v) is 5.24. The van der Waals surface area contributed by atoms with Gasteiger partial charge in [-0.05, 0) is 36.4 Å². The minimum absolute atomic E-state index is 0.156. The van der Waals surface area contributed by atoms with Gasteiger partial charge >= 0.3 is 5.76 Å². The van der Waals surface area contributed by atoms with Crippen LogP contribution in [0.25, 0.3) is 22.4 Å². The number of carbonyl (C=O) groups excluding carboxylic acids is 1. The van der Waals surface area contributed by atoms with Crippen LogP contribution in [0.2, 0.25) is 0 Å². The Morgan fingerprint density at radius 2 is 2.04 bits per heavy atom. The van der Waals surface area contributed by atoms with Crippen molar-refractivity contribution in [1.29, 1.82) is 0 Å². The van der Waals surface area contributed by atoms with E-state index in [-0.39, 0.29) is 18.1 Å². The molecule has 0 aliphatic rings. The van der Waals surface area contributed by atoms with Crippen molar-refractivity contribution < 1.29 is 13.6 Å². The Bertz CT molecular complexity index is 1210. The molecule has 4 aromatic rings. The Kier molecular flexibility index (Phi) is 4.79. The Morgan fingerprint density at radius 3 is 2.82 bits per heavy atom. The third-order valence-electron chi connectivity index (χ3n) is 4.33. The molecule has 0 bridgehead atoms. The number of benzene rings is 2. The van der Waals surface area contributed by atoms with E-state index >= 15 is 0 Å². The molecule has 28 heavy (non-hydrogen) atoms. The molecule has 0 saturated carbocycles. The molecule has 142 valence electrons. The van der Waals surface area contributed by atoms with Crippen LogP contribution >= 0.6 is 11.3 Å². The molecule has 0 saturated heterocycles. The van der Waals surface area contributed by atoms with Crippen LogP contribution in [0.1, 0.15) is 11.4 Å². The molecule has 1 N–H and O–H groups in total. The number of amides is 1. The number of rotatable bonds is 5. The SMILES string of the molecule is Cn1c(=O)oc2cc(NC(=O)CCc3nc(-c4ccc(F)cc4)cs3)ccc21. The van der Waals surface area contributed by atoms with Crippen LogP contribution < -0.4 is 11.1 Å². The van der Waals surface area contributed by atoms with E-state index in [4.69, 9.17) is 4.42 Å². The summed E-state index contributed by atoms with van der Waals surface area (Å²) in [5.74, 6) is -0.890. The van der Waals surface area contributed by atoms with Gasteiger partial charge in [0.05, 0.1) is 16.2 Å². The van der Waals surface area contributed by atoms with Gasteiger partial charge in [-0.25, -0.2) is 14.2 Å². The minimum atomic E-state index is -0.445. The van der Waals surface area contributed by atoms with Crippen molar-refractivity contribution in [3.63, 3.8) is 0 Å². The van der Waals surface area contributed by atoms with Gasteiger partial charge in [-0.2, -0.15) is 0 Å². The number of anilines is 1. The smallest absolute Gasteiger partial charge is 0.408 e. The average molecular weight is 397 g/mol. The summed E-state index contributed by atoms with van der Waals surface area (Å²) in [6, 6.07) is 11.2. The van der Waals surface area contributed by atoms with E-state index in [2.05, 4.69) is 10.3 Å². The van der Waals surface area contributed by atoms with Gasteiger partial charge in [-0.15, -0.1) is 11.3 Å². The molecule has 0 atom stereocenters. The second-order valence-electron chi connectivity index (χ2n) is 6.29. The normalized spacial score (nSPS) is 11.1. The predicted molar refractivity (Wildman–Crippen MR) is 106 cm³/mol. The number of oxazole rings is 1. The molecule has 0 fully saturated rings. The highest BCUT2D eigenvalue weighted by Crippen LogP contribution is 2.23. The molecule has 0 unspecified atom stereocenters. The number of nitrogens with one attached hydrogen (secondary N) is 1. The Morgan fingerprint density at radius 1 is 1.25 bits per heavy atom. The van der Waals surface area contributed by atoms with Crippen molar-refractivity contribution in [2.45, 2.75) is 12.8 Å². The van der Waals surface area contributed by atoms with Crippen molar-refractivity contribution in [3.8, 4) is 11.3 Å². The van der Waals surface area contributed by atoms with Gasteiger partial charge in [0.15, 0.2) is 5.58 Å². The van der Waals surface area contributed by atoms with Crippen LogP contribution in [0.5, 0.6) is 0 Å². The molecule has 2 heterocycles. The van der Waals surface area contributed by atoms with Gasteiger partial charge in [0.2, 0.25) is 5.91 Å². The van der Waals surface area contributed by atoms with Crippen LogP contribution in [-0.2, 0) is 18.3 Å². The van der Waals surface area contributed by atoms with E-state index in [1.165, 1.54) is 28.0 Å². The average Bonchev–Trinajstić information content (AvgIpc) is 3.26. The second kappa shape index (κ2) is 7.40. The van der Waals surface area contributed by atoms with Gasteiger partial charge in [0, 0.05) is 42.6 Å². The lowest BCUT2D eigenvalue weighted by molar-refractivity contribution is -0.116. The second-order valence-corrected chi connectivity index (χ2v) is 7.23. The van der Waals surface area contributed by atoms with Crippen LogP contribution in [-0.4, -0.2) is 15.5 Å². The maximum atomic E-state index is 13.0. The van der Waals surface area contributed by atoms with Crippen molar-refractivity contribution >= 4 is 34.0 Å². The fourth-order valence-electron chi connectivity index (χ4n) is 2.83. The number of aryl methyl sites for hydroxylation is 2. The molecular weight excluding hydrogens is 381 g/mol. The molecule has 0 aliphatic heterocycles. The lowest BCUT2D eigenvalue weighted by Crippen LogP contribution is -2.12. The van der Waals surface area contributed by atoms with Crippen LogP contribution in [0, 0.1) is 5.82 Å². The van der Waals surface area contributed by atoms with Gasteiger partial charge < -0.3 is 9.73 Å². The number of thiazole rings is 1. The summed E-state index contributed by atoms with van der Waals surface area (Å²) >= 11 is 1.47. The molecule has 6 nitrogen and oxygen atoms in total. The number of fused-ring (bicyclic) bond motifs is 1. The maximum absolute atomic E-state index is 13.0. The number of carbonyl (C=O) groups is 1. The van der Waals surface area contributed by atoms with E-state index in [9.17, 15) is 14.0 Å². The number of aromatic nitrogens is 2. The maximum Gasteiger partial charge on any atom is 0.419 e. The standard InChI is InChI=1S/C20H16FN3O3S/c1-24-16-7-6-14(10-17(16)27-20(24)26)22-18(25)8-9-19-23-15(11-28-19)12-2-4-13(21)5-3-12/h2-7,10-11H,8-9H2,1H3,(H,22,25). The summed E-state index contributed by atoms with van der Waals surface area (Å²) < 4.78 is 19.6. The summed E-state index contributed by atoms with van der Waals surface area (Å²) in [4.78, 5) is 28.3. The fourth-order valence-corrected chi connectivity index (χ4v) is 3.64. The van der Waals surface area contributed by atoms with Crippen molar-refractivity contribution in [3.05, 3.63) is 69.2 Å². The quantitative estimate of drug-likeness (QED) is 0.553. The van der Waals surface area contributed by atoms with Crippen molar-refractivity contribution in [2.75, 3.05) is 5.32 Å². The molecule has 8 heteroatoms. The largest absolute Gasteiger partial charge is 0.419 e. The first-order chi connectivity index (χ1) is 13.5. The monoisotopic (exact) mass is 397 g/mol. The van der Waals surface area contributed by atoms with E-state index in [1.807, 2.05) is 5.38 Å². The number of hydrogen-bond donors (Lipinski definition) is 1. The summed E-state index contributed by atoms with van der Waals surface area (Å²) in [6.45, 7) is 0. The summed E-state index contributed by atoms with van der Waals surface area (Å²) in [6.07, 6.45) is 0.771. The van der Waals surface area contributed by atoms with E-state index < -0.39 is 5.76 Å². The van der Waals surface area contributed by atoms with E-state index in [1.54, 1.807) is 37.4 Å². The summed E-state index contributed by atoms with van der Waals surface area (Å²) in [7, 11) is 1.63. The molecule has 2 aromatic carbocycles. The lowest BCUT2D eigenvalue weighted by Gasteiger charge is -2.04. The lowest BCUT2D eigenvalue weighted by atomic mass is 10.2. The first-order valence-corrected chi connectivity index (χ1v) is 9.47. The zero-order valence-corrected chi connectivity index (χ0v) is 15.8. The van der Waals surface area contributed by atoms with Gasteiger partial charge in [-0.1, -0.05) is 0 Å². The van der Waals surface area contributed by atoms with Crippen molar-refractivity contribution in [1.82, 2.24) is 9.55 Å². The minimum Gasteiger partial charge on any atom is -0.408 e. The molecule has 2 aromatic heterocycles. The Balaban J connectivity index is 1.38. The van der Waals surface area contributed by atoms with Gasteiger partial charge in [0.25, 0.3) is 0 Å². The Hall–Kier alpha value is -3.26. The highest BCUT2D eigenvalue weighted by molar-refractivity contribution is 7.09. The molecule has 4 rings (SSSR count). The number of hydrogen-bond acceptors (Lipinski definition) is 5. The van der Waals surface area contributed by atoms with Gasteiger partial charge in [0.1, 0.15) is 5.82 Å². The van der Waals surface area contributed by atoms with Crippen LogP contribution in [0.15, 0.2) is 57.1 Å². The molecule has 0 spiro atoms. The topological polar surface area (TPSA) is 77.1 Å².